The fraction of sp³-hybridized carbons (Fsp3) is 0.227. The smallest absolute Gasteiger partial charge is 0.257 e. The Kier molecular flexibility index (Phi) is 5.49. The number of para-hydroxylation sites is 2. The summed E-state index contributed by atoms with van der Waals surface area (Å²) in [5.41, 5.74) is 3.09. The van der Waals surface area contributed by atoms with E-state index in [1.165, 1.54) is 11.8 Å². The van der Waals surface area contributed by atoms with Gasteiger partial charge in [-0.1, -0.05) is 30.0 Å². The maximum Gasteiger partial charge on any atom is 0.257 e. The molecule has 4 aromatic rings. The molecule has 0 spiro atoms. The number of oxazole rings is 1. The Morgan fingerprint density at radius 3 is 2.52 bits per heavy atom. The third kappa shape index (κ3) is 4.36. The lowest BCUT2D eigenvalue weighted by atomic mass is 10.2. The van der Waals surface area contributed by atoms with E-state index in [0.29, 0.717) is 24.1 Å². The van der Waals surface area contributed by atoms with Crippen LogP contribution in [0.15, 0.2) is 70.4 Å². The predicted molar refractivity (Wildman–Crippen MR) is 119 cm³/mol. The topological polar surface area (TPSA) is 88.3 Å². The average Bonchev–Trinajstić information content (AvgIpc) is 3.26. The predicted octanol–water partition coefficient (Wildman–Crippen LogP) is 3.12. The van der Waals surface area contributed by atoms with Gasteiger partial charge in [0.2, 0.25) is 5.91 Å². The van der Waals surface area contributed by atoms with E-state index in [1.54, 1.807) is 6.20 Å². The van der Waals surface area contributed by atoms with Crippen molar-refractivity contribution in [1.29, 1.82) is 0 Å². The van der Waals surface area contributed by atoms with Crippen molar-refractivity contribution >= 4 is 34.6 Å². The van der Waals surface area contributed by atoms with Crippen molar-refractivity contribution in [2.75, 3.05) is 36.8 Å². The van der Waals surface area contributed by atoms with E-state index >= 15 is 0 Å². The van der Waals surface area contributed by atoms with E-state index in [1.807, 2.05) is 59.5 Å². The number of pyridine rings is 1. The van der Waals surface area contributed by atoms with E-state index in [9.17, 15) is 4.79 Å². The molecule has 9 heteroatoms. The molecule has 0 N–H and O–H groups in total. The van der Waals surface area contributed by atoms with Crippen molar-refractivity contribution in [3.05, 3.63) is 60.8 Å². The second kappa shape index (κ2) is 8.73. The largest absolute Gasteiger partial charge is 0.431 e. The van der Waals surface area contributed by atoms with E-state index < -0.39 is 0 Å². The quantitative estimate of drug-likeness (QED) is 0.445. The summed E-state index contributed by atoms with van der Waals surface area (Å²) in [6.07, 6.45) is 1.74. The number of hydrogen-bond donors (Lipinski definition) is 0. The van der Waals surface area contributed by atoms with Crippen LogP contribution in [0.2, 0.25) is 0 Å². The van der Waals surface area contributed by atoms with Crippen LogP contribution in [0.5, 0.6) is 0 Å². The highest BCUT2D eigenvalue weighted by atomic mass is 32.2. The highest BCUT2D eigenvalue weighted by Crippen LogP contribution is 2.24. The van der Waals surface area contributed by atoms with Crippen molar-refractivity contribution < 1.29 is 9.21 Å². The van der Waals surface area contributed by atoms with Crippen LogP contribution in [0.25, 0.3) is 22.5 Å². The first-order valence-electron chi connectivity index (χ1n) is 10.0. The first kappa shape index (κ1) is 19.5. The molecule has 8 nitrogen and oxygen atoms in total. The van der Waals surface area contributed by atoms with Crippen LogP contribution >= 0.6 is 11.8 Å². The number of hydrogen-bond acceptors (Lipinski definition) is 8. The molecule has 1 aromatic carbocycles. The Morgan fingerprint density at radius 2 is 1.77 bits per heavy atom. The summed E-state index contributed by atoms with van der Waals surface area (Å²) >= 11 is 1.33. The zero-order chi connectivity index (χ0) is 21.0. The number of benzene rings is 1. The van der Waals surface area contributed by atoms with Crippen LogP contribution in [0, 0.1) is 0 Å². The van der Waals surface area contributed by atoms with Gasteiger partial charge in [0.25, 0.3) is 5.22 Å². The lowest BCUT2D eigenvalue weighted by molar-refractivity contribution is -0.128. The SMILES string of the molecule is O=C(CSc1nc2ccccc2o1)N1CCN(c2ccc(-c3ccccn3)nn2)CC1. The summed E-state index contributed by atoms with van der Waals surface area (Å²) in [6.45, 7) is 2.74. The summed E-state index contributed by atoms with van der Waals surface area (Å²) in [6, 6.07) is 17.2. The van der Waals surface area contributed by atoms with Gasteiger partial charge in [-0.3, -0.25) is 9.78 Å². The Morgan fingerprint density at radius 1 is 0.935 bits per heavy atom. The van der Waals surface area contributed by atoms with Gasteiger partial charge in [0, 0.05) is 32.4 Å². The molecule has 0 radical (unpaired) electrons. The number of nitrogens with zero attached hydrogens (tertiary/aromatic N) is 6. The van der Waals surface area contributed by atoms with Gasteiger partial charge in [0.15, 0.2) is 11.4 Å². The fourth-order valence-corrected chi connectivity index (χ4v) is 4.20. The molecule has 0 aliphatic carbocycles. The number of thioether (sulfide) groups is 1. The molecule has 0 atom stereocenters. The summed E-state index contributed by atoms with van der Waals surface area (Å²) < 4.78 is 5.68. The van der Waals surface area contributed by atoms with Gasteiger partial charge in [-0.15, -0.1) is 10.2 Å². The zero-order valence-electron chi connectivity index (χ0n) is 16.7. The standard InChI is InChI=1S/C22H20N6O2S/c29-21(15-31-22-24-18-6-1-2-7-19(18)30-22)28-13-11-27(12-14-28)20-9-8-17(25-26-20)16-5-3-4-10-23-16/h1-10H,11-15H2. The van der Waals surface area contributed by atoms with E-state index in [-0.39, 0.29) is 5.91 Å². The molecule has 4 heterocycles. The minimum absolute atomic E-state index is 0.0866. The summed E-state index contributed by atoms with van der Waals surface area (Å²) in [4.78, 5) is 25.3. The van der Waals surface area contributed by atoms with Crippen LogP contribution < -0.4 is 4.90 Å². The van der Waals surface area contributed by atoms with Gasteiger partial charge in [-0.05, 0) is 36.4 Å². The van der Waals surface area contributed by atoms with Crippen molar-refractivity contribution in [2.45, 2.75) is 5.22 Å². The molecule has 3 aromatic heterocycles. The summed E-state index contributed by atoms with van der Waals surface area (Å²) in [7, 11) is 0. The van der Waals surface area contributed by atoms with E-state index in [2.05, 4.69) is 25.1 Å². The van der Waals surface area contributed by atoms with Crippen molar-refractivity contribution in [3.8, 4) is 11.4 Å². The summed E-state index contributed by atoms with van der Waals surface area (Å²) in [5, 5.41) is 9.18. The Balaban J connectivity index is 1.14. The monoisotopic (exact) mass is 432 g/mol. The van der Waals surface area contributed by atoms with Crippen LogP contribution in [-0.2, 0) is 4.79 Å². The molecular weight excluding hydrogens is 412 g/mol. The molecule has 0 saturated carbocycles. The second-order valence-electron chi connectivity index (χ2n) is 7.10. The maximum absolute atomic E-state index is 12.6. The van der Waals surface area contributed by atoms with Crippen LogP contribution in [0.3, 0.4) is 0 Å². The van der Waals surface area contributed by atoms with E-state index in [0.717, 1.165) is 41.4 Å². The second-order valence-corrected chi connectivity index (χ2v) is 8.02. The number of piperazine rings is 1. The van der Waals surface area contributed by atoms with Crippen molar-refractivity contribution in [2.24, 2.45) is 0 Å². The minimum Gasteiger partial charge on any atom is -0.431 e. The number of anilines is 1. The number of amides is 1. The Hall–Kier alpha value is -3.46. The third-order valence-corrected chi connectivity index (χ3v) is 5.94. The highest BCUT2D eigenvalue weighted by Gasteiger charge is 2.23. The van der Waals surface area contributed by atoms with Crippen LogP contribution in [0.1, 0.15) is 0 Å². The zero-order valence-corrected chi connectivity index (χ0v) is 17.5. The fourth-order valence-electron chi connectivity index (χ4n) is 3.46. The van der Waals surface area contributed by atoms with Gasteiger partial charge in [0.1, 0.15) is 11.2 Å². The lowest BCUT2D eigenvalue weighted by Crippen LogP contribution is -2.49. The van der Waals surface area contributed by atoms with E-state index in [4.69, 9.17) is 4.42 Å². The van der Waals surface area contributed by atoms with Gasteiger partial charge in [0.05, 0.1) is 11.4 Å². The van der Waals surface area contributed by atoms with Crippen molar-refractivity contribution in [3.63, 3.8) is 0 Å². The molecule has 156 valence electrons. The van der Waals surface area contributed by atoms with Gasteiger partial charge in [-0.25, -0.2) is 4.98 Å². The molecule has 1 amide bonds. The lowest BCUT2D eigenvalue weighted by Gasteiger charge is -2.35. The van der Waals surface area contributed by atoms with Gasteiger partial charge >= 0.3 is 0 Å². The molecule has 0 unspecified atom stereocenters. The number of aromatic nitrogens is 4. The highest BCUT2D eigenvalue weighted by molar-refractivity contribution is 7.99. The van der Waals surface area contributed by atoms with Crippen LogP contribution in [-0.4, -0.2) is 62.9 Å². The van der Waals surface area contributed by atoms with Crippen LogP contribution in [0.4, 0.5) is 5.82 Å². The van der Waals surface area contributed by atoms with Crippen molar-refractivity contribution in [1.82, 2.24) is 25.1 Å². The van der Waals surface area contributed by atoms with Gasteiger partial charge in [-0.2, -0.15) is 0 Å². The maximum atomic E-state index is 12.6. The number of rotatable bonds is 5. The Labute approximate surface area is 183 Å². The molecule has 1 fully saturated rings. The molecule has 1 saturated heterocycles. The Bertz CT molecular complexity index is 1140. The third-order valence-electron chi connectivity index (χ3n) is 5.13. The normalized spacial score (nSPS) is 14.2. The first-order valence-corrected chi connectivity index (χ1v) is 11.0. The molecule has 1 aliphatic heterocycles. The summed E-state index contributed by atoms with van der Waals surface area (Å²) in [5.74, 6) is 1.21. The minimum atomic E-state index is 0.0866. The molecular formula is C22H20N6O2S. The molecule has 31 heavy (non-hydrogen) atoms. The average molecular weight is 433 g/mol. The number of carbonyl (C=O) groups is 1. The molecule has 1 aliphatic rings. The first-order chi connectivity index (χ1) is 15.3. The molecule has 0 bridgehead atoms. The molecule has 5 rings (SSSR count). The number of carbonyl (C=O) groups excluding carboxylic acids is 1. The van der Waals surface area contributed by atoms with Gasteiger partial charge < -0.3 is 14.2 Å². The number of fused-ring (bicyclic) bond motifs is 1.